The Morgan fingerprint density at radius 1 is 1.38 bits per heavy atom. The molecule has 0 bridgehead atoms. The van der Waals surface area contributed by atoms with Crippen molar-refractivity contribution in [2.45, 2.75) is 62.3 Å². The average molecular weight is 378 g/mol. The van der Waals surface area contributed by atoms with Crippen LogP contribution in [0.3, 0.4) is 0 Å². The van der Waals surface area contributed by atoms with Crippen LogP contribution >= 0.6 is 0 Å². The monoisotopic (exact) mass is 377 g/mol. The summed E-state index contributed by atoms with van der Waals surface area (Å²) in [6.07, 6.45) is 5.80. The summed E-state index contributed by atoms with van der Waals surface area (Å²) in [5, 5.41) is 18.1. The molecule has 2 aliphatic carbocycles. The van der Waals surface area contributed by atoms with Crippen molar-refractivity contribution in [2.75, 3.05) is 19.3 Å². The third-order valence-electron chi connectivity index (χ3n) is 5.72. The molecule has 2 aliphatic rings. The molecular weight excluding hydrogens is 346 g/mol. The van der Waals surface area contributed by atoms with E-state index in [2.05, 4.69) is 21.7 Å². The maximum atomic E-state index is 12.1. The maximum absolute atomic E-state index is 12.1. The van der Waals surface area contributed by atoms with Crippen molar-refractivity contribution in [3.8, 4) is 0 Å². The second-order valence-electron chi connectivity index (χ2n) is 7.41. The van der Waals surface area contributed by atoms with Gasteiger partial charge >= 0.3 is 0 Å². The number of rotatable bonds is 5. The number of hydrogen-bond acceptors (Lipinski definition) is 3. The Balaban J connectivity index is 1.57. The molecule has 0 saturated heterocycles. The number of aliphatic imine (C=N–C) groups is 1. The van der Waals surface area contributed by atoms with Crippen molar-refractivity contribution in [1.82, 2.24) is 10.6 Å². The smallest absolute Gasteiger partial charge is 0.191 e. The standard InChI is InChI=1S/C20H31N3O2S/c1-3-26(25)17-9-6-8-16(13-17)23-19(21-2)22-14-20(24)12-11-15-7-4-5-10-18(15)20/h4-5,7,10,16-17,24H,3,6,8-9,11-14H2,1-2H3,(H2,21,22,23). The molecule has 1 fully saturated rings. The van der Waals surface area contributed by atoms with E-state index in [-0.39, 0.29) is 5.25 Å². The van der Waals surface area contributed by atoms with Crippen molar-refractivity contribution in [3.63, 3.8) is 0 Å². The van der Waals surface area contributed by atoms with E-state index in [0.717, 1.165) is 55.8 Å². The van der Waals surface area contributed by atoms with E-state index in [9.17, 15) is 9.32 Å². The Morgan fingerprint density at radius 2 is 2.19 bits per heavy atom. The molecule has 4 unspecified atom stereocenters. The Bertz CT molecular complexity index is 679. The number of hydrogen-bond donors (Lipinski definition) is 3. The molecule has 0 heterocycles. The summed E-state index contributed by atoms with van der Waals surface area (Å²) in [5.74, 6) is 1.45. The lowest BCUT2D eigenvalue weighted by atomic mass is 9.95. The minimum absolute atomic E-state index is 0.287. The largest absolute Gasteiger partial charge is 0.383 e. The van der Waals surface area contributed by atoms with Crippen molar-refractivity contribution in [2.24, 2.45) is 4.99 Å². The number of fused-ring (bicyclic) bond motifs is 1. The molecule has 5 nitrogen and oxygen atoms in total. The van der Waals surface area contributed by atoms with Crippen LogP contribution in [0.4, 0.5) is 0 Å². The minimum Gasteiger partial charge on any atom is -0.383 e. The van der Waals surface area contributed by atoms with Gasteiger partial charge in [0.1, 0.15) is 5.60 Å². The van der Waals surface area contributed by atoms with E-state index in [4.69, 9.17) is 0 Å². The van der Waals surface area contributed by atoms with Crippen LogP contribution in [-0.2, 0) is 22.8 Å². The third kappa shape index (κ3) is 4.29. The highest BCUT2D eigenvalue weighted by atomic mass is 32.2. The predicted molar refractivity (Wildman–Crippen MR) is 108 cm³/mol. The molecule has 0 aromatic heterocycles. The lowest BCUT2D eigenvalue weighted by molar-refractivity contribution is 0.0431. The fourth-order valence-electron chi connectivity index (χ4n) is 4.22. The summed E-state index contributed by atoms with van der Waals surface area (Å²) in [6, 6.07) is 8.42. The molecule has 1 saturated carbocycles. The molecule has 0 amide bonds. The van der Waals surface area contributed by atoms with E-state index >= 15 is 0 Å². The number of nitrogens with one attached hydrogen (secondary N) is 2. The molecule has 1 aromatic carbocycles. The van der Waals surface area contributed by atoms with E-state index in [1.807, 2.05) is 25.1 Å². The second-order valence-corrected chi connectivity index (χ2v) is 9.42. The molecule has 26 heavy (non-hydrogen) atoms. The summed E-state index contributed by atoms with van der Waals surface area (Å²) in [5.41, 5.74) is 1.42. The molecule has 0 radical (unpaired) electrons. The van der Waals surface area contributed by atoms with Gasteiger partial charge in [-0.2, -0.15) is 0 Å². The van der Waals surface area contributed by atoms with Gasteiger partial charge in [-0.1, -0.05) is 37.6 Å². The van der Waals surface area contributed by atoms with E-state index in [0.29, 0.717) is 12.6 Å². The van der Waals surface area contributed by atoms with Crippen LogP contribution in [0.1, 0.15) is 50.2 Å². The van der Waals surface area contributed by atoms with Gasteiger partial charge in [0.25, 0.3) is 0 Å². The Hall–Kier alpha value is -1.40. The van der Waals surface area contributed by atoms with Crippen LogP contribution in [0, 0.1) is 0 Å². The van der Waals surface area contributed by atoms with Crippen molar-refractivity contribution < 1.29 is 9.32 Å². The van der Waals surface area contributed by atoms with Gasteiger partial charge in [-0.15, -0.1) is 0 Å². The number of guanidine groups is 1. The van der Waals surface area contributed by atoms with Gasteiger partial charge < -0.3 is 15.7 Å². The van der Waals surface area contributed by atoms with Crippen molar-refractivity contribution >= 4 is 16.8 Å². The molecule has 0 spiro atoms. The van der Waals surface area contributed by atoms with Crippen LogP contribution < -0.4 is 10.6 Å². The number of aliphatic hydroxyl groups is 1. The summed E-state index contributed by atoms with van der Waals surface area (Å²) < 4.78 is 12.1. The first kappa shape index (κ1) is 19.4. The molecule has 6 heteroatoms. The Labute approximate surface area is 159 Å². The van der Waals surface area contributed by atoms with Gasteiger partial charge in [-0.3, -0.25) is 9.20 Å². The van der Waals surface area contributed by atoms with E-state index < -0.39 is 16.4 Å². The van der Waals surface area contributed by atoms with Gasteiger partial charge in [0.05, 0.1) is 6.54 Å². The lowest BCUT2D eigenvalue weighted by Crippen LogP contribution is -2.49. The predicted octanol–water partition coefficient (Wildman–Crippen LogP) is 2.07. The van der Waals surface area contributed by atoms with Gasteiger partial charge in [0, 0.05) is 34.9 Å². The van der Waals surface area contributed by atoms with E-state index in [1.165, 1.54) is 5.56 Å². The summed E-state index contributed by atoms with van der Waals surface area (Å²) >= 11 is 0. The van der Waals surface area contributed by atoms with Crippen LogP contribution in [0.15, 0.2) is 29.3 Å². The fourth-order valence-corrected chi connectivity index (χ4v) is 5.57. The van der Waals surface area contributed by atoms with Gasteiger partial charge in [0.15, 0.2) is 5.96 Å². The number of benzene rings is 1. The first-order valence-corrected chi connectivity index (χ1v) is 11.1. The van der Waals surface area contributed by atoms with Crippen molar-refractivity contribution in [3.05, 3.63) is 35.4 Å². The van der Waals surface area contributed by atoms with Crippen LogP contribution in [0.25, 0.3) is 0 Å². The van der Waals surface area contributed by atoms with Gasteiger partial charge in [-0.25, -0.2) is 0 Å². The van der Waals surface area contributed by atoms with Crippen LogP contribution in [0.2, 0.25) is 0 Å². The topological polar surface area (TPSA) is 73.7 Å². The first-order valence-electron chi connectivity index (χ1n) is 9.71. The van der Waals surface area contributed by atoms with E-state index in [1.54, 1.807) is 7.05 Å². The molecule has 1 aromatic rings. The molecule has 144 valence electrons. The highest BCUT2D eigenvalue weighted by molar-refractivity contribution is 7.85. The van der Waals surface area contributed by atoms with Crippen LogP contribution in [-0.4, -0.2) is 45.9 Å². The molecule has 3 rings (SSSR count). The lowest BCUT2D eigenvalue weighted by Gasteiger charge is -2.31. The summed E-state index contributed by atoms with van der Waals surface area (Å²) in [4.78, 5) is 4.33. The first-order chi connectivity index (χ1) is 12.6. The molecule has 4 atom stereocenters. The normalized spacial score (nSPS) is 29.9. The Morgan fingerprint density at radius 3 is 2.96 bits per heavy atom. The fraction of sp³-hybridized carbons (Fsp3) is 0.650. The zero-order chi connectivity index (χ0) is 18.6. The average Bonchev–Trinajstić information content (AvgIpc) is 3.02. The van der Waals surface area contributed by atoms with Gasteiger partial charge in [-0.05, 0) is 43.2 Å². The third-order valence-corrected chi connectivity index (χ3v) is 7.46. The minimum atomic E-state index is -0.840. The number of nitrogens with zero attached hydrogens (tertiary/aromatic N) is 1. The van der Waals surface area contributed by atoms with Crippen LogP contribution in [0.5, 0.6) is 0 Å². The molecular formula is C20H31N3O2S. The Kier molecular flexibility index (Phi) is 6.35. The highest BCUT2D eigenvalue weighted by Crippen LogP contribution is 2.36. The van der Waals surface area contributed by atoms with Gasteiger partial charge in [0.2, 0.25) is 0 Å². The summed E-state index contributed by atoms with van der Waals surface area (Å²) in [6.45, 7) is 2.44. The SMILES string of the molecule is CCS(=O)C1CCCC(NC(=NC)NCC2(O)CCc3ccccc32)C1. The summed E-state index contributed by atoms with van der Waals surface area (Å²) in [7, 11) is 1.03. The molecule has 3 N–H and O–H groups in total. The molecule has 0 aliphatic heterocycles. The maximum Gasteiger partial charge on any atom is 0.191 e. The van der Waals surface area contributed by atoms with Crippen molar-refractivity contribution in [1.29, 1.82) is 0 Å². The highest BCUT2D eigenvalue weighted by Gasteiger charge is 2.36. The quantitative estimate of drug-likeness (QED) is 0.542. The second kappa shape index (κ2) is 8.53. The zero-order valence-corrected chi connectivity index (χ0v) is 16.6. The zero-order valence-electron chi connectivity index (χ0n) is 15.8. The number of aryl methyl sites for hydroxylation is 1.